The number of urea groups is 1. The molecule has 0 saturated heterocycles. The van der Waals surface area contributed by atoms with Crippen molar-refractivity contribution in [3.63, 3.8) is 0 Å². The molecule has 0 spiro atoms. The van der Waals surface area contributed by atoms with Crippen LogP contribution in [0.15, 0.2) is 24.3 Å². The minimum absolute atomic E-state index is 0.0363. The van der Waals surface area contributed by atoms with Crippen LogP contribution in [-0.2, 0) is 6.54 Å². The number of carbonyl (C=O) groups excluding carboxylic acids is 1. The number of nitrogens with zero attached hydrogens (tertiary/aromatic N) is 2. The van der Waals surface area contributed by atoms with Gasteiger partial charge in [0.15, 0.2) is 0 Å². The first-order valence-corrected chi connectivity index (χ1v) is 7.19. The number of hydrogen-bond acceptors (Lipinski definition) is 3. The number of aryl methyl sites for hydroxylation is 1. The molecule has 0 radical (unpaired) electrons. The number of aliphatic hydroxyl groups excluding tert-OH is 1. The van der Waals surface area contributed by atoms with E-state index in [1.165, 1.54) is 0 Å². The van der Waals surface area contributed by atoms with E-state index in [0.717, 1.165) is 16.9 Å². The average molecular weight is 290 g/mol. The number of rotatable bonds is 6. The fourth-order valence-electron chi connectivity index (χ4n) is 2.30. The van der Waals surface area contributed by atoms with Crippen molar-refractivity contribution in [1.29, 1.82) is 0 Å². The smallest absolute Gasteiger partial charge is 0.315 e. The summed E-state index contributed by atoms with van der Waals surface area (Å²) < 4.78 is 2.09. The minimum atomic E-state index is -0.210. The molecule has 21 heavy (non-hydrogen) atoms. The van der Waals surface area contributed by atoms with Gasteiger partial charge in [-0.2, -0.15) is 0 Å². The molecular weight excluding hydrogens is 268 g/mol. The Balaban J connectivity index is 1.88. The zero-order valence-corrected chi connectivity index (χ0v) is 12.5. The van der Waals surface area contributed by atoms with Crippen LogP contribution in [0.25, 0.3) is 11.0 Å². The molecule has 1 aromatic carbocycles. The molecule has 0 saturated carbocycles. The van der Waals surface area contributed by atoms with Crippen LogP contribution < -0.4 is 10.6 Å². The lowest BCUT2D eigenvalue weighted by atomic mass is 10.2. The van der Waals surface area contributed by atoms with Crippen molar-refractivity contribution in [2.24, 2.45) is 0 Å². The molecular formula is C15H22N4O2. The Morgan fingerprint density at radius 3 is 2.95 bits per heavy atom. The Morgan fingerprint density at radius 1 is 1.43 bits per heavy atom. The lowest BCUT2D eigenvalue weighted by Crippen LogP contribution is -2.42. The Labute approximate surface area is 124 Å². The molecule has 0 bridgehead atoms. The first-order chi connectivity index (χ1) is 10.1. The number of nitrogens with one attached hydrogen (secondary N) is 2. The van der Waals surface area contributed by atoms with Crippen molar-refractivity contribution in [2.45, 2.75) is 32.9 Å². The van der Waals surface area contributed by atoms with Gasteiger partial charge >= 0.3 is 6.03 Å². The molecule has 6 heteroatoms. The average Bonchev–Trinajstić information content (AvgIpc) is 2.75. The molecule has 0 fully saturated rings. The monoisotopic (exact) mass is 290 g/mol. The topological polar surface area (TPSA) is 79.2 Å². The predicted molar refractivity (Wildman–Crippen MR) is 82.2 cm³/mol. The molecule has 114 valence electrons. The summed E-state index contributed by atoms with van der Waals surface area (Å²) in [5.41, 5.74) is 2.04. The highest BCUT2D eigenvalue weighted by Crippen LogP contribution is 2.14. The van der Waals surface area contributed by atoms with Gasteiger partial charge in [0.05, 0.1) is 11.0 Å². The molecule has 0 aliphatic rings. The highest BCUT2D eigenvalue weighted by atomic mass is 16.3. The van der Waals surface area contributed by atoms with E-state index in [-0.39, 0.29) is 18.7 Å². The quantitative estimate of drug-likeness (QED) is 0.752. The zero-order chi connectivity index (χ0) is 15.2. The highest BCUT2D eigenvalue weighted by molar-refractivity contribution is 5.76. The maximum atomic E-state index is 11.7. The number of amides is 2. The maximum absolute atomic E-state index is 11.7. The third-order valence-electron chi connectivity index (χ3n) is 3.41. The standard InChI is InChI=1S/C15H22N4O2/c1-11(7-10-20)17-15(21)16-8-9-19-12(2)18-13-5-3-4-6-14(13)19/h3-6,11,20H,7-10H2,1-2H3,(H2,16,17,21)/t11-/m1/s1. The fourth-order valence-corrected chi connectivity index (χ4v) is 2.30. The number of para-hydroxylation sites is 2. The molecule has 0 aliphatic heterocycles. The van der Waals surface area contributed by atoms with Gasteiger partial charge in [-0.05, 0) is 32.4 Å². The van der Waals surface area contributed by atoms with Crippen LogP contribution in [0.4, 0.5) is 4.79 Å². The van der Waals surface area contributed by atoms with Crippen LogP contribution in [0, 0.1) is 6.92 Å². The number of hydrogen-bond donors (Lipinski definition) is 3. The third kappa shape index (κ3) is 3.95. The van der Waals surface area contributed by atoms with Gasteiger partial charge in [-0.15, -0.1) is 0 Å². The lowest BCUT2D eigenvalue weighted by molar-refractivity contribution is 0.230. The van der Waals surface area contributed by atoms with Crippen LogP contribution in [0.5, 0.6) is 0 Å². The van der Waals surface area contributed by atoms with Crippen molar-refractivity contribution < 1.29 is 9.90 Å². The molecule has 2 amide bonds. The number of imidazole rings is 1. The molecule has 0 aliphatic carbocycles. The van der Waals surface area contributed by atoms with Crippen molar-refractivity contribution in [3.8, 4) is 0 Å². The first-order valence-electron chi connectivity index (χ1n) is 7.19. The molecule has 6 nitrogen and oxygen atoms in total. The Bertz CT molecular complexity index is 609. The Kier molecular flexibility index (Phi) is 5.16. The summed E-state index contributed by atoms with van der Waals surface area (Å²) in [5.74, 6) is 0.937. The number of benzene rings is 1. The summed E-state index contributed by atoms with van der Waals surface area (Å²) >= 11 is 0. The largest absolute Gasteiger partial charge is 0.396 e. The molecule has 2 aromatic rings. The van der Waals surface area contributed by atoms with Crippen LogP contribution in [-0.4, -0.2) is 39.9 Å². The molecule has 1 aromatic heterocycles. The van der Waals surface area contributed by atoms with Gasteiger partial charge in [0.25, 0.3) is 0 Å². The van der Waals surface area contributed by atoms with E-state index in [2.05, 4.69) is 20.2 Å². The minimum Gasteiger partial charge on any atom is -0.396 e. The van der Waals surface area contributed by atoms with E-state index in [1.54, 1.807) is 0 Å². The first kappa shape index (κ1) is 15.3. The summed E-state index contributed by atoms with van der Waals surface area (Å²) in [6.45, 7) is 5.10. The van der Waals surface area contributed by atoms with E-state index < -0.39 is 0 Å². The van der Waals surface area contributed by atoms with Gasteiger partial charge in [0, 0.05) is 25.7 Å². The van der Waals surface area contributed by atoms with Crippen molar-refractivity contribution in [1.82, 2.24) is 20.2 Å². The molecule has 1 atom stereocenters. The van der Waals surface area contributed by atoms with Gasteiger partial charge in [0.1, 0.15) is 5.82 Å². The van der Waals surface area contributed by atoms with Gasteiger partial charge < -0.3 is 20.3 Å². The summed E-state index contributed by atoms with van der Waals surface area (Å²) in [6.07, 6.45) is 0.554. The Morgan fingerprint density at radius 2 is 2.19 bits per heavy atom. The van der Waals surface area contributed by atoms with E-state index in [0.29, 0.717) is 19.5 Å². The second kappa shape index (κ2) is 7.08. The van der Waals surface area contributed by atoms with E-state index in [9.17, 15) is 4.79 Å². The van der Waals surface area contributed by atoms with Crippen LogP contribution in [0.3, 0.4) is 0 Å². The number of carbonyl (C=O) groups is 1. The summed E-state index contributed by atoms with van der Waals surface area (Å²) in [6, 6.07) is 7.71. The normalized spacial score (nSPS) is 12.3. The van der Waals surface area contributed by atoms with Crippen molar-refractivity contribution >= 4 is 17.1 Å². The van der Waals surface area contributed by atoms with Gasteiger partial charge in [0.2, 0.25) is 0 Å². The lowest BCUT2D eigenvalue weighted by Gasteiger charge is -2.14. The maximum Gasteiger partial charge on any atom is 0.315 e. The second-order valence-electron chi connectivity index (χ2n) is 5.11. The predicted octanol–water partition coefficient (Wildman–Crippen LogP) is 1.41. The van der Waals surface area contributed by atoms with E-state index in [1.807, 2.05) is 38.1 Å². The SMILES string of the molecule is Cc1nc2ccccc2n1CCNC(=O)N[C@H](C)CCO. The summed E-state index contributed by atoms with van der Waals surface area (Å²) in [4.78, 5) is 16.2. The highest BCUT2D eigenvalue weighted by Gasteiger charge is 2.08. The summed E-state index contributed by atoms with van der Waals surface area (Å²) in [7, 11) is 0. The van der Waals surface area contributed by atoms with Crippen LogP contribution in [0.1, 0.15) is 19.2 Å². The van der Waals surface area contributed by atoms with E-state index in [4.69, 9.17) is 5.11 Å². The van der Waals surface area contributed by atoms with Gasteiger partial charge in [-0.3, -0.25) is 0 Å². The third-order valence-corrected chi connectivity index (χ3v) is 3.41. The van der Waals surface area contributed by atoms with Crippen molar-refractivity contribution in [3.05, 3.63) is 30.1 Å². The Hall–Kier alpha value is -2.08. The molecule has 3 N–H and O–H groups in total. The molecule has 0 unspecified atom stereocenters. The van der Waals surface area contributed by atoms with Gasteiger partial charge in [-0.1, -0.05) is 12.1 Å². The van der Waals surface area contributed by atoms with Crippen molar-refractivity contribution in [2.75, 3.05) is 13.2 Å². The number of aromatic nitrogens is 2. The van der Waals surface area contributed by atoms with E-state index >= 15 is 0 Å². The van der Waals surface area contributed by atoms with Gasteiger partial charge in [-0.25, -0.2) is 9.78 Å². The number of aliphatic hydroxyl groups is 1. The molecule has 1 heterocycles. The van der Waals surface area contributed by atoms with Crippen LogP contribution in [0.2, 0.25) is 0 Å². The molecule has 2 rings (SSSR count). The second-order valence-corrected chi connectivity index (χ2v) is 5.11. The zero-order valence-electron chi connectivity index (χ0n) is 12.5. The fraction of sp³-hybridized carbons (Fsp3) is 0.467. The van der Waals surface area contributed by atoms with Crippen LogP contribution >= 0.6 is 0 Å². The number of fused-ring (bicyclic) bond motifs is 1. The summed E-state index contributed by atoms with van der Waals surface area (Å²) in [5, 5.41) is 14.4.